The van der Waals surface area contributed by atoms with Gasteiger partial charge < -0.3 is 58.8 Å². The maximum absolute atomic E-state index is 10.7. The number of halogens is 6. The van der Waals surface area contributed by atoms with Crippen LogP contribution < -0.4 is 48.6 Å². The van der Waals surface area contributed by atoms with Crippen molar-refractivity contribution in [2.45, 2.75) is 528 Å². The number of anilines is 4. The van der Waals surface area contributed by atoms with Crippen molar-refractivity contribution in [3.05, 3.63) is 78.6 Å². The van der Waals surface area contributed by atoms with Gasteiger partial charge in [0.25, 0.3) is 5.88 Å². The van der Waals surface area contributed by atoms with Crippen molar-refractivity contribution in [3.8, 4) is 35.1 Å². The molecule has 0 saturated heterocycles. The molecule has 0 atom stereocenters. The average Bonchev–Trinajstić information content (AvgIpc) is 1.56. The summed E-state index contributed by atoms with van der Waals surface area (Å²) in [5.41, 5.74) is 5.53. The lowest BCUT2D eigenvalue weighted by molar-refractivity contribution is 0.183. The van der Waals surface area contributed by atoms with Gasteiger partial charge in [0.05, 0.1) is 17.5 Å². The van der Waals surface area contributed by atoms with E-state index in [4.69, 9.17) is 73.6 Å². The smallest absolute Gasteiger partial charge is 0.262 e. The molecule has 0 aromatic carbocycles. The Balaban J connectivity index is 0.000000457. The van der Waals surface area contributed by atoms with E-state index in [0.717, 1.165) is 170 Å². The zero-order chi connectivity index (χ0) is 106. The first-order valence-electron chi connectivity index (χ1n) is 58.1. The fourth-order valence-electron chi connectivity index (χ4n) is 18.8. The Morgan fingerprint density at radius 1 is 0.313 bits per heavy atom. The van der Waals surface area contributed by atoms with E-state index in [1.807, 2.05) is 123 Å². The maximum atomic E-state index is 10.7. The van der Waals surface area contributed by atoms with Crippen molar-refractivity contribution in [3.63, 3.8) is 0 Å². The number of alkyl halides is 1. The van der Waals surface area contributed by atoms with Gasteiger partial charge in [-0.2, -0.15) is 24.9 Å². The largest absolute Gasteiger partial charge is 0.502 e. The Labute approximate surface area is 932 Å². The highest BCUT2D eigenvalue weighted by atomic mass is 79.9. The Hall–Kier alpha value is -5.48. The molecule has 0 spiro atoms. The average molecular weight is 2260 g/mol. The number of unbranched alkanes of at least 4 members (excludes halogenated alkanes) is 39. The van der Waals surface area contributed by atoms with Crippen LogP contribution in [0.2, 0.25) is 15.7 Å². The van der Waals surface area contributed by atoms with Crippen molar-refractivity contribution in [2.24, 2.45) is 0 Å². The lowest BCUT2D eigenvalue weighted by Gasteiger charge is -2.18. The summed E-state index contributed by atoms with van der Waals surface area (Å²) in [6.07, 6.45) is 90.5. The molecule has 6 heterocycles. The molecular formula is C117H205Br2Cl4N17O7. The van der Waals surface area contributed by atoms with E-state index < -0.39 is 0 Å². The van der Waals surface area contributed by atoms with Gasteiger partial charge >= 0.3 is 0 Å². The van der Waals surface area contributed by atoms with Crippen molar-refractivity contribution in [1.29, 1.82) is 0 Å². The van der Waals surface area contributed by atoms with Crippen LogP contribution in [0.3, 0.4) is 0 Å². The van der Waals surface area contributed by atoms with Crippen LogP contribution in [0.15, 0.2) is 28.7 Å². The Morgan fingerprint density at radius 2 is 0.565 bits per heavy atom. The van der Waals surface area contributed by atoms with Crippen molar-refractivity contribution >= 4 is 103 Å². The van der Waals surface area contributed by atoms with Crippen LogP contribution in [-0.4, -0.2) is 182 Å². The quantitative estimate of drug-likeness (QED) is 0.0139. The summed E-state index contributed by atoms with van der Waals surface area (Å²) >= 11 is 23.6. The highest BCUT2D eigenvalue weighted by Crippen LogP contribution is 2.37. The lowest BCUT2D eigenvalue weighted by Crippen LogP contribution is -2.18. The molecule has 3 N–H and O–H groups in total. The number of aliphatic hydroxyl groups excluding tert-OH is 1. The third kappa shape index (κ3) is 67.1. The van der Waals surface area contributed by atoms with E-state index in [-0.39, 0.29) is 40.9 Å². The minimum absolute atomic E-state index is 0. The van der Waals surface area contributed by atoms with E-state index in [1.165, 1.54) is 340 Å². The minimum Gasteiger partial charge on any atom is -0.502 e. The van der Waals surface area contributed by atoms with Gasteiger partial charge in [0, 0.05) is 103 Å². The summed E-state index contributed by atoms with van der Waals surface area (Å²) in [7, 11) is 19.5. The minimum atomic E-state index is 0. The molecule has 0 amide bonds. The molecular weight excluding hydrogens is 2060 g/mol. The number of aliphatic hydroxyl groups is 1. The van der Waals surface area contributed by atoms with Crippen LogP contribution in [0.1, 0.15) is 486 Å². The number of ether oxygens (including phenoxy) is 5. The second-order valence-corrected chi connectivity index (χ2v) is 45.0. The molecule has 147 heavy (non-hydrogen) atoms. The normalized spacial score (nSPS) is 14.5. The molecule has 6 aliphatic carbocycles. The molecule has 6 aliphatic rings. The Bertz CT molecular complexity index is 4000. The second-order valence-electron chi connectivity index (χ2n) is 42.0. The van der Waals surface area contributed by atoms with Crippen molar-refractivity contribution < 1.29 is 33.9 Å². The third-order valence-electron chi connectivity index (χ3n) is 27.1. The first kappa shape index (κ1) is 136. The zero-order valence-electron chi connectivity index (χ0n) is 95.2. The first-order chi connectivity index (χ1) is 70.7. The van der Waals surface area contributed by atoms with E-state index >= 15 is 0 Å². The van der Waals surface area contributed by atoms with Crippen molar-refractivity contribution in [2.75, 3.05) is 95.4 Å². The molecule has 0 radical (unpaired) electrons. The molecule has 0 bridgehead atoms. The zero-order valence-corrected chi connectivity index (χ0v) is 101. The molecule has 12 rings (SSSR count). The number of nitrogens with one attached hydrogen (secondary N) is 1. The molecule has 6 saturated carbocycles. The van der Waals surface area contributed by atoms with Crippen molar-refractivity contribution in [1.82, 2.24) is 65.1 Å². The second kappa shape index (κ2) is 87.8. The molecule has 0 aliphatic heterocycles. The highest BCUT2D eigenvalue weighted by Gasteiger charge is 2.27. The molecule has 842 valence electrons. The molecule has 6 fully saturated rings. The van der Waals surface area contributed by atoms with Crippen LogP contribution in [0, 0.1) is 20.8 Å². The number of aromatic hydroxyl groups is 1. The van der Waals surface area contributed by atoms with Gasteiger partial charge in [0.15, 0.2) is 0 Å². The molecule has 0 unspecified atom stereocenters. The summed E-state index contributed by atoms with van der Waals surface area (Å²) in [4.78, 5) is 59.8. The number of hydrogen-bond donors (Lipinski definition) is 3. The van der Waals surface area contributed by atoms with Gasteiger partial charge in [-0.3, -0.25) is 0 Å². The Morgan fingerprint density at radius 3 is 0.878 bits per heavy atom. The van der Waals surface area contributed by atoms with Crippen LogP contribution in [0.4, 0.5) is 23.8 Å². The molecule has 6 aromatic rings. The van der Waals surface area contributed by atoms with E-state index in [1.54, 1.807) is 13.0 Å². The Kier molecular flexibility index (Phi) is 81.0. The summed E-state index contributed by atoms with van der Waals surface area (Å²) in [6, 6.07) is 7.45. The predicted molar refractivity (Wildman–Crippen MR) is 631 cm³/mol. The summed E-state index contributed by atoms with van der Waals surface area (Å²) in [5, 5.41) is 24.1. The SMILES string of the molecule is CCBr.CCCCCCCCCCCCCCCCc1cc(OC2CCCC2)nc(N(C)C)n1.CCCCCCCCCCCCCCCCc1nc(N(C)C)nc(OC2CCCC2)c1Br.CCCCCCCCCCCCCCCCc1nc(N(C)C)nc(OC2CCCC2)c1O.CNC.Cc1cc(Cl)nc(Cl)n1.Cc1cc(OC2CCCC2)nc(Cl)n1.Cc1cc(OC2CCCC2)nc(N(C)C)n1.Cl.OC1CCCC1. The predicted octanol–water partition coefficient (Wildman–Crippen LogP) is 33.7. The number of aryl methyl sites for hydroxylation is 6. The monoisotopic (exact) mass is 2260 g/mol. The number of hydrogen-bond acceptors (Lipinski definition) is 24. The van der Waals surface area contributed by atoms with Gasteiger partial charge in [-0.25, -0.2) is 34.9 Å². The van der Waals surface area contributed by atoms with Crippen LogP contribution in [-0.2, 0) is 19.3 Å². The number of nitrogens with zero attached hydrogens (tertiary/aromatic N) is 16. The van der Waals surface area contributed by atoms with Gasteiger partial charge in [-0.05, 0) is 260 Å². The fourth-order valence-corrected chi connectivity index (χ4v) is 19.9. The summed E-state index contributed by atoms with van der Waals surface area (Å²) in [6.45, 7) is 14.6. The molecule has 24 nitrogen and oxygen atoms in total. The van der Waals surface area contributed by atoms with Gasteiger partial charge in [0.1, 0.15) is 40.1 Å². The van der Waals surface area contributed by atoms with E-state index in [0.29, 0.717) is 59.1 Å². The summed E-state index contributed by atoms with van der Waals surface area (Å²) < 4.78 is 31.0. The van der Waals surface area contributed by atoms with Crippen LogP contribution >= 0.6 is 79.1 Å². The third-order valence-corrected chi connectivity index (χ3v) is 28.5. The fraction of sp³-hybridized carbons (Fsp3) is 0.795. The topological polar surface area (TPSA) is 266 Å². The molecule has 30 heteroatoms. The number of rotatable bonds is 59. The van der Waals surface area contributed by atoms with Gasteiger partial charge in [0.2, 0.25) is 63.6 Å². The van der Waals surface area contributed by atoms with Gasteiger partial charge in [-0.15, -0.1) is 12.4 Å². The molecule has 6 aromatic heterocycles. The van der Waals surface area contributed by atoms with Crippen LogP contribution in [0.25, 0.3) is 0 Å². The standard InChI is InChI=1S/C27H48BrN3O.C27H49N3O2.C27H49N3O.C12H19N3O.C10H13ClN2O.C5H4Cl2N2.C5H10O.C2H5Br.C2H7N.ClH/c1-4-5-6-7-8-9-10-11-12-13-14-15-16-17-22-24-25(28)26(30-27(29-24)31(2)3)32-23-20-18-19-21-23;1-4-5-6-7-8-9-10-11-12-13-14-15-16-17-22-24-25(31)26(29-27(28-24)30(2)3)32-23-20-18-19-21-23;1-4-5-6-7-8-9-10-11-12-13-14-15-16-17-20-24-23-26(29-27(28-24)30(2)3)31-25-21-18-19-22-25;1-9-8-11(14-12(13-9)15(2)3)16-10-6-4-5-7-10;1-7-6-9(13-10(11)12-7)14-8-4-2-3-5-8;1-3-2-4(6)9-5(7)8-3;6-5-3-1-2-4-5;1-2-3;1-3-2;/h23H,4-22H2,1-3H3;23,31H,4-22H2,1-3H3;23,25H,4-22H2,1-3H3;8,10H,4-7H2,1-3H3;6,8H,2-5H2,1H3;2H,1H3;5-6H,1-4H2;2H2,1H3;3H,1-2H3;1H. The maximum Gasteiger partial charge on any atom is 0.262 e. The number of aromatic nitrogens is 12. The first-order valence-corrected chi connectivity index (χ1v) is 61.2. The summed E-state index contributed by atoms with van der Waals surface area (Å²) in [5.74, 6) is 6.20. The highest BCUT2D eigenvalue weighted by molar-refractivity contribution is 9.10. The van der Waals surface area contributed by atoms with Crippen LogP contribution in [0.5, 0.6) is 35.1 Å². The lowest BCUT2D eigenvalue weighted by atomic mass is 10.0. The van der Waals surface area contributed by atoms with Gasteiger partial charge in [-0.1, -0.05) is 318 Å². The van der Waals surface area contributed by atoms with E-state index in [9.17, 15) is 5.11 Å². The van der Waals surface area contributed by atoms with E-state index in [2.05, 4.69) is 114 Å².